The van der Waals surface area contributed by atoms with Crippen LogP contribution in [-0.4, -0.2) is 293 Å². The number of allylic oxidation sites excluding steroid dienone is 1. The van der Waals surface area contributed by atoms with Crippen molar-refractivity contribution in [3.05, 3.63) is 47.6 Å². The van der Waals surface area contributed by atoms with Crippen molar-refractivity contribution in [2.75, 3.05) is 40.1 Å². The maximum Gasteiger partial charge on any atom is 0.331 e. The van der Waals surface area contributed by atoms with E-state index in [4.69, 9.17) is 56.8 Å². The number of aliphatic hydroxyl groups excluding tert-OH is 14. The second-order valence-electron chi connectivity index (χ2n) is 30.7. The molecule has 0 spiro atoms. The summed E-state index contributed by atoms with van der Waals surface area (Å²) in [5, 5.41) is 179. The number of fused-ring (bicyclic) bond motifs is 7. The molecule has 1 aromatic rings. The predicted octanol–water partition coefficient (Wildman–Crippen LogP) is -2.62. The second kappa shape index (κ2) is 28.4. The number of carboxylic acids is 1. The SMILES string of the molecule is COc1ccc(/C=C/C(=O)O[C@@H]2[C@H](O[C@@H]3OC[C@](O)(CO)[C@H]3O)[C@@H](O[C@@H]3O[C@@H](C)[C@H](O[C@@H]4OC[C@@H](O)[C@H](O)[C@H]4O)[C@@H](O)[C@H]3O)[C@H](OC(=O)[C@@]34CC[C@]5(CO)C(=CC[C@@H]6[C@@]7(C)C[C@H](O)[C@H](O[C@@H]8O[C@H](CO)[C@@H](O)[C@H](O)[C@H]8O)[C@@](C)(C(=O)O)[C@@H]7CC[C@]65C)[C@@H]3CC(C)(C)C[C@H]4O)O[C@@H]2C)cc1. The molecule has 10 aliphatic rings. The zero-order chi connectivity index (χ0) is 72.2. The summed E-state index contributed by atoms with van der Waals surface area (Å²) in [6.45, 7) is 8.63. The lowest BCUT2D eigenvalue weighted by Gasteiger charge is -2.71. The van der Waals surface area contributed by atoms with Crippen LogP contribution in [0.2, 0.25) is 0 Å². The van der Waals surface area contributed by atoms with Gasteiger partial charge in [0.15, 0.2) is 37.4 Å². The molecule has 0 unspecified atom stereocenters. The summed E-state index contributed by atoms with van der Waals surface area (Å²) in [7, 11) is 1.48. The summed E-state index contributed by atoms with van der Waals surface area (Å²) in [6.07, 6.45) is -36.3. The molecule has 0 amide bonds. The Hall–Kier alpha value is -4.05. The minimum Gasteiger partial charge on any atom is -0.497 e. The van der Waals surface area contributed by atoms with Crippen molar-refractivity contribution in [3.63, 3.8) is 0 Å². The number of aliphatic carboxylic acids is 1. The lowest BCUT2D eigenvalue weighted by molar-refractivity contribution is -0.382. The van der Waals surface area contributed by atoms with Gasteiger partial charge in [-0.3, -0.25) is 9.59 Å². The fourth-order valence-electron chi connectivity index (χ4n) is 19.0. The summed E-state index contributed by atoms with van der Waals surface area (Å²) in [5.74, 6) is -4.97. The highest BCUT2D eigenvalue weighted by Crippen LogP contribution is 2.76. The number of hydrogen-bond donors (Lipinski definition) is 16. The molecule has 5 saturated heterocycles. The molecule has 1 aromatic carbocycles. The van der Waals surface area contributed by atoms with Gasteiger partial charge in [-0.25, -0.2) is 4.79 Å². The molecule has 5 aliphatic carbocycles. The van der Waals surface area contributed by atoms with E-state index in [2.05, 4.69) is 0 Å². The van der Waals surface area contributed by atoms with Crippen LogP contribution in [0.3, 0.4) is 0 Å². The molecule has 16 N–H and O–H groups in total. The average Bonchev–Trinajstić information content (AvgIpc) is 0.724. The quantitative estimate of drug-likeness (QED) is 0.0310. The van der Waals surface area contributed by atoms with Crippen LogP contribution in [0.4, 0.5) is 0 Å². The van der Waals surface area contributed by atoms with Gasteiger partial charge in [-0.05, 0) is 130 Å². The highest BCUT2D eigenvalue weighted by atomic mass is 16.8. The van der Waals surface area contributed by atoms with Gasteiger partial charge >= 0.3 is 17.9 Å². The van der Waals surface area contributed by atoms with Gasteiger partial charge in [0.05, 0.1) is 70.0 Å². The van der Waals surface area contributed by atoms with Crippen LogP contribution < -0.4 is 4.74 Å². The normalized spacial score (nSPS) is 49.6. The van der Waals surface area contributed by atoms with E-state index < -0.39 is 254 Å². The van der Waals surface area contributed by atoms with Gasteiger partial charge in [0.1, 0.15) is 96.1 Å². The third kappa shape index (κ3) is 12.9. The number of ether oxygens (including phenoxy) is 12. The summed E-state index contributed by atoms with van der Waals surface area (Å²) < 4.78 is 72.7. The van der Waals surface area contributed by atoms with Crippen molar-refractivity contribution in [1.82, 2.24) is 0 Å². The largest absolute Gasteiger partial charge is 0.497 e. The van der Waals surface area contributed by atoms with Crippen molar-refractivity contribution < 1.29 is 153 Å². The molecular weight excluding hydrogens is 1310 g/mol. The zero-order valence-corrected chi connectivity index (χ0v) is 56.6. The van der Waals surface area contributed by atoms with Crippen LogP contribution in [-0.2, 0) is 66.5 Å². The zero-order valence-electron chi connectivity index (χ0n) is 56.6. The fourth-order valence-corrected chi connectivity index (χ4v) is 19.0. The first-order chi connectivity index (χ1) is 46.5. The molecule has 31 nitrogen and oxygen atoms in total. The van der Waals surface area contributed by atoms with E-state index in [0.717, 1.165) is 6.08 Å². The third-order valence-electron chi connectivity index (χ3n) is 24.6. The average molecular weight is 1410 g/mol. The first-order valence-electron chi connectivity index (χ1n) is 34.1. The minimum absolute atomic E-state index is 0.0394. The maximum atomic E-state index is 16.3. The van der Waals surface area contributed by atoms with Gasteiger partial charge in [-0.2, -0.15) is 0 Å². The van der Waals surface area contributed by atoms with Crippen LogP contribution in [0, 0.1) is 50.2 Å². The predicted molar refractivity (Wildman–Crippen MR) is 333 cm³/mol. The molecular formula is C68H100O31. The second-order valence-corrected chi connectivity index (χ2v) is 30.7. The van der Waals surface area contributed by atoms with Crippen LogP contribution in [0.1, 0.15) is 105 Å². The van der Waals surface area contributed by atoms with Crippen LogP contribution in [0.25, 0.3) is 6.08 Å². The summed E-state index contributed by atoms with van der Waals surface area (Å²) in [4.78, 5) is 44.3. The van der Waals surface area contributed by atoms with Gasteiger partial charge < -0.3 is 139 Å². The number of carbonyl (C=O) groups excluding carboxylic acids is 2. The smallest absolute Gasteiger partial charge is 0.331 e. The summed E-state index contributed by atoms with van der Waals surface area (Å²) in [6, 6.07) is 6.63. The van der Waals surface area contributed by atoms with Crippen molar-refractivity contribution in [3.8, 4) is 5.75 Å². The van der Waals surface area contributed by atoms with Gasteiger partial charge in [-0.1, -0.05) is 51.5 Å². The number of aliphatic hydroxyl groups is 15. The number of methoxy groups -OCH3 is 1. The monoisotopic (exact) mass is 1410 g/mol. The molecule has 558 valence electrons. The first kappa shape index (κ1) is 76.1. The standard InChI is InChI=1S/C68H100O31/c1-29-49(95-55-46(80)42(76)36(73)25-89-55)45(79)48(82)56(91-29)97-52-51(96-59-53(83)67(87,27-71)28-90-59)50(94-41(75)16-11-31-9-12-32(88-8)13-10-31)30(2)92-58(52)99-61(86)68-20-19-66(26-70)33(34(68)21-62(3,4)23-40(68)74)14-15-38-63(5)22-35(72)54(65(7,60(84)85)39(63)17-18-64(38,66)6)98-57-47(81)44(78)43(77)37(24-69)93-57/h9-14,16,29-30,34-40,42-59,69-74,76-83,87H,15,17-28H2,1-8H3,(H,84,85)/b16-11+/t29-,30+,34-,35-,36+,37+,38+,39+,40+,42-,43+,44-,45-,46+,47+,48+,49-,50-,51-,52+,53-,54-,55-,56-,57-,58-,59-,63+,64+,65-,66-,67+,68-/m0/s1. The van der Waals surface area contributed by atoms with Gasteiger partial charge in [0.2, 0.25) is 6.29 Å². The van der Waals surface area contributed by atoms with Crippen molar-refractivity contribution >= 4 is 24.0 Å². The van der Waals surface area contributed by atoms with Crippen LogP contribution >= 0.6 is 0 Å². The van der Waals surface area contributed by atoms with E-state index in [1.54, 1.807) is 24.3 Å². The molecule has 5 heterocycles. The van der Waals surface area contributed by atoms with Crippen LogP contribution in [0.5, 0.6) is 5.75 Å². The highest BCUT2D eigenvalue weighted by molar-refractivity contribution is 5.87. The Labute approximate surface area is 571 Å². The molecule has 9 fully saturated rings. The molecule has 33 atom stereocenters. The van der Waals surface area contributed by atoms with Gasteiger partial charge in [0.25, 0.3) is 0 Å². The Bertz CT molecular complexity index is 3100. The number of benzene rings is 1. The van der Waals surface area contributed by atoms with E-state index in [9.17, 15) is 91.3 Å². The molecule has 11 rings (SSSR count). The topological polar surface area (TPSA) is 486 Å². The molecule has 5 aliphatic heterocycles. The Morgan fingerprint density at radius 1 is 0.626 bits per heavy atom. The van der Waals surface area contributed by atoms with E-state index in [1.165, 1.54) is 34.0 Å². The van der Waals surface area contributed by atoms with Crippen molar-refractivity contribution in [1.29, 1.82) is 0 Å². The van der Waals surface area contributed by atoms with E-state index in [-0.39, 0.29) is 44.9 Å². The van der Waals surface area contributed by atoms with Gasteiger partial charge in [0, 0.05) is 11.5 Å². The number of esters is 2. The Morgan fingerprint density at radius 3 is 1.91 bits per heavy atom. The van der Waals surface area contributed by atoms with E-state index in [0.29, 0.717) is 23.3 Å². The molecule has 99 heavy (non-hydrogen) atoms. The summed E-state index contributed by atoms with van der Waals surface area (Å²) >= 11 is 0. The Kier molecular flexibility index (Phi) is 21.9. The molecule has 31 heteroatoms. The molecule has 0 bridgehead atoms. The minimum atomic E-state index is -2.31. The lowest BCUT2D eigenvalue weighted by atomic mass is 9.33. The van der Waals surface area contributed by atoms with E-state index >= 15 is 4.79 Å². The molecule has 0 aromatic heterocycles. The Morgan fingerprint density at radius 2 is 1.26 bits per heavy atom. The first-order valence-corrected chi connectivity index (χ1v) is 34.1. The Balaban J connectivity index is 0.942. The lowest BCUT2D eigenvalue weighted by Crippen LogP contribution is -2.71. The van der Waals surface area contributed by atoms with Crippen LogP contribution in [0.15, 0.2) is 42.0 Å². The highest BCUT2D eigenvalue weighted by Gasteiger charge is 2.75. The van der Waals surface area contributed by atoms with Crippen molar-refractivity contribution in [2.24, 2.45) is 50.2 Å². The number of rotatable bonds is 18. The number of carbonyl (C=O) groups is 3. The fraction of sp³-hybridized carbons (Fsp3) is 0.809. The summed E-state index contributed by atoms with van der Waals surface area (Å²) in [5.41, 5.74) is -8.70. The van der Waals surface area contributed by atoms with Crippen molar-refractivity contribution in [2.45, 2.75) is 253 Å². The number of carboxylic acid groups (broad SMARTS) is 1. The third-order valence-corrected chi connectivity index (χ3v) is 24.6. The van der Waals surface area contributed by atoms with Gasteiger partial charge in [-0.15, -0.1) is 0 Å². The molecule has 4 saturated carbocycles. The maximum absolute atomic E-state index is 16.3. The van der Waals surface area contributed by atoms with E-state index in [1.807, 2.05) is 33.8 Å². The molecule has 0 radical (unpaired) electrons. The number of hydrogen-bond acceptors (Lipinski definition) is 30.